The molecule has 0 aromatic carbocycles. The summed E-state index contributed by atoms with van der Waals surface area (Å²) in [6.07, 6.45) is 2.88. The van der Waals surface area contributed by atoms with Crippen LogP contribution in [0.3, 0.4) is 0 Å². The normalized spacial score (nSPS) is 13.1. The van der Waals surface area contributed by atoms with Gasteiger partial charge in [-0.25, -0.2) is 4.79 Å². The quantitative estimate of drug-likeness (QED) is 0.745. The van der Waals surface area contributed by atoms with Crippen molar-refractivity contribution in [1.29, 1.82) is 0 Å². The van der Waals surface area contributed by atoms with Gasteiger partial charge in [0.15, 0.2) is 0 Å². The van der Waals surface area contributed by atoms with Gasteiger partial charge in [-0.2, -0.15) is 9.78 Å². The van der Waals surface area contributed by atoms with Crippen LogP contribution in [0.25, 0.3) is 11.4 Å². The summed E-state index contributed by atoms with van der Waals surface area (Å²) >= 11 is 0. The number of hydrogen-bond donors (Lipinski definition) is 0. The van der Waals surface area contributed by atoms with Gasteiger partial charge in [-0.05, 0) is 39.3 Å². The van der Waals surface area contributed by atoms with Crippen LogP contribution >= 0.6 is 0 Å². The zero-order valence-corrected chi connectivity index (χ0v) is 12.5. The number of carbonyl (C=O) groups excluding carboxylic acids is 1. The molecule has 0 N–H and O–H groups in total. The van der Waals surface area contributed by atoms with E-state index in [1.165, 1.54) is 4.68 Å². The molecule has 0 amide bonds. The number of aryl methyl sites for hydroxylation is 1. The first-order valence-electron chi connectivity index (χ1n) is 6.75. The van der Waals surface area contributed by atoms with E-state index in [1.54, 1.807) is 12.4 Å². The lowest BCUT2D eigenvalue weighted by Crippen LogP contribution is -2.27. The second-order valence-electron chi connectivity index (χ2n) is 6.08. The summed E-state index contributed by atoms with van der Waals surface area (Å²) in [5.41, 5.74) is 2.60. The minimum atomic E-state index is -0.562. The van der Waals surface area contributed by atoms with E-state index < -0.39 is 11.7 Å². The first-order valence-corrected chi connectivity index (χ1v) is 6.75. The van der Waals surface area contributed by atoms with E-state index in [-0.39, 0.29) is 0 Å². The topological polar surface area (TPSA) is 66.2 Å². The van der Waals surface area contributed by atoms with Crippen LogP contribution < -0.4 is 4.74 Å². The molecule has 0 aliphatic carbocycles. The van der Waals surface area contributed by atoms with Crippen LogP contribution in [0.1, 0.15) is 31.9 Å². The second kappa shape index (κ2) is 4.58. The number of pyridine rings is 1. The fourth-order valence-corrected chi connectivity index (χ4v) is 2.10. The third-order valence-corrected chi connectivity index (χ3v) is 2.97. The van der Waals surface area contributed by atoms with Crippen molar-refractivity contribution < 1.29 is 14.3 Å². The van der Waals surface area contributed by atoms with E-state index in [2.05, 4.69) is 10.1 Å². The Morgan fingerprint density at radius 1 is 1.38 bits per heavy atom. The summed E-state index contributed by atoms with van der Waals surface area (Å²) in [5, 5.41) is 4.31. The van der Waals surface area contributed by atoms with Crippen LogP contribution in [0.4, 0.5) is 4.79 Å². The molecule has 6 nitrogen and oxygen atoms in total. The highest BCUT2D eigenvalue weighted by Crippen LogP contribution is 2.35. The lowest BCUT2D eigenvalue weighted by molar-refractivity contribution is 0.0514. The van der Waals surface area contributed by atoms with Gasteiger partial charge >= 0.3 is 6.09 Å². The SMILES string of the molecule is Cc1cnc2c(c1)OCc1cn(C(=O)OC(C)(C)C)nc1-2. The Hall–Kier alpha value is -2.37. The Morgan fingerprint density at radius 2 is 2.14 bits per heavy atom. The zero-order valence-electron chi connectivity index (χ0n) is 12.5. The number of ether oxygens (including phenoxy) is 2. The molecular weight excluding hydrogens is 270 g/mol. The Labute approximate surface area is 122 Å². The Balaban J connectivity index is 1.97. The molecule has 0 unspecified atom stereocenters. The molecule has 6 heteroatoms. The number of rotatable bonds is 0. The number of fused-ring (bicyclic) bond motifs is 3. The third kappa shape index (κ3) is 2.61. The van der Waals surface area contributed by atoms with Gasteiger partial charge in [0.05, 0.1) is 0 Å². The maximum absolute atomic E-state index is 12.1. The predicted molar refractivity (Wildman–Crippen MR) is 76.2 cm³/mol. The molecular formula is C15H17N3O3. The van der Waals surface area contributed by atoms with Crippen LogP contribution in [-0.2, 0) is 11.3 Å². The molecule has 3 rings (SSSR count). The van der Waals surface area contributed by atoms with Crippen molar-refractivity contribution in [3.8, 4) is 17.1 Å². The minimum absolute atomic E-state index is 0.371. The summed E-state index contributed by atoms with van der Waals surface area (Å²) in [7, 11) is 0. The molecule has 2 aromatic rings. The van der Waals surface area contributed by atoms with E-state index in [0.717, 1.165) is 11.1 Å². The van der Waals surface area contributed by atoms with Crippen molar-refractivity contribution in [3.05, 3.63) is 29.6 Å². The van der Waals surface area contributed by atoms with Gasteiger partial charge in [-0.15, -0.1) is 0 Å². The first kappa shape index (κ1) is 13.6. The lowest BCUT2D eigenvalue weighted by atomic mass is 10.1. The van der Waals surface area contributed by atoms with Gasteiger partial charge in [0.25, 0.3) is 0 Å². The summed E-state index contributed by atoms with van der Waals surface area (Å²) in [4.78, 5) is 16.4. The third-order valence-electron chi connectivity index (χ3n) is 2.97. The predicted octanol–water partition coefficient (Wildman–Crippen LogP) is 2.93. The molecule has 1 aliphatic heterocycles. The number of carbonyl (C=O) groups is 1. The van der Waals surface area contributed by atoms with Crippen LogP contribution in [0.2, 0.25) is 0 Å². The van der Waals surface area contributed by atoms with Gasteiger partial charge < -0.3 is 9.47 Å². The van der Waals surface area contributed by atoms with Crippen LogP contribution in [0.5, 0.6) is 5.75 Å². The molecule has 2 aromatic heterocycles. The van der Waals surface area contributed by atoms with Crippen molar-refractivity contribution in [2.75, 3.05) is 0 Å². The van der Waals surface area contributed by atoms with Crippen molar-refractivity contribution in [1.82, 2.24) is 14.8 Å². The summed E-state index contributed by atoms with van der Waals surface area (Å²) in [6, 6.07) is 1.91. The molecule has 0 saturated heterocycles. The molecule has 0 saturated carbocycles. The highest BCUT2D eigenvalue weighted by Gasteiger charge is 2.26. The molecule has 21 heavy (non-hydrogen) atoms. The van der Waals surface area contributed by atoms with E-state index in [0.29, 0.717) is 23.7 Å². The number of nitrogens with zero attached hydrogens (tertiary/aromatic N) is 3. The van der Waals surface area contributed by atoms with Crippen LogP contribution in [-0.4, -0.2) is 26.5 Å². The molecule has 0 atom stereocenters. The monoisotopic (exact) mass is 287 g/mol. The van der Waals surface area contributed by atoms with Crippen molar-refractivity contribution in [2.45, 2.75) is 39.9 Å². The molecule has 0 spiro atoms. The smallest absolute Gasteiger partial charge is 0.435 e. The molecule has 110 valence electrons. The van der Waals surface area contributed by atoms with Gasteiger partial charge in [-0.1, -0.05) is 0 Å². The summed E-state index contributed by atoms with van der Waals surface area (Å²) < 4.78 is 12.2. The van der Waals surface area contributed by atoms with Gasteiger partial charge in [-0.3, -0.25) is 4.98 Å². The highest BCUT2D eigenvalue weighted by atomic mass is 16.6. The highest BCUT2D eigenvalue weighted by molar-refractivity contribution is 5.74. The summed E-state index contributed by atoms with van der Waals surface area (Å²) in [6.45, 7) is 7.77. The lowest BCUT2D eigenvalue weighted by Gasteiger charge is -2.18. The van der Waals surface area contributed by atoms with Crippen molar-refractivity contribution in [3.63, 3.8) is 0 Å². The fraction of sp³-hybridized carbons (Fsp3) is 0.400. The fourth-order valence-electron chi connectivity index (χ4n) is 2.10. The molecule has 0 bridgehead atoms. The van der Waals surface area contributed by atoms with Gasteiger partial charge in [0.2, 0.25) is 0 Å². The van der Waals surface area contributed by atoms with Crippen LogP contribution in [0, 0.1) is 6.92 Å². The zero-order chi connectivity index (χ0) is 15.2. The average Bonchev–Trinajstić information content (AvgIpc) is 2.80. The van der Waals surface area contributed by atoms with E-state index in [1.807, 2.05) is 33.8 Å². The van der Waals surface area contributed by atoms with Crippen molar-refractivity contribution >= 4 is 6.09 Å². The van der Waals surface area contributed by atoms with E-state index in [9.17, 15) is 4.79 Å². The maximum atomic E-state index is 12.1. The van der Waals surface area contributed by atoms with Crippen LogP contribution in [0.15, 0.2) is 18.5 Å². The Morgan fingerprint density at radius 3 is 2.86 bits per heavy atom. The van der Waals surface area contributed by atoms with Gasteiger partial charge in [0.1, 0.15) is 29.3 Å². The average molecular weight is 287 g/mol. The molecule has 3 heterocycles. The van der Waals surface area contributed by atoms with Crippen molar-refractivity contribution in [2.24, 2.45) is 0 Å². The standard InChI is InChI=1S/C15H17N3O3/c1-9-5-11-13(16-6-9)12-10(8-20-11)7-18(17-12)14(19)21-15(2,3)4/h5-7H,8H2,1-4H3. The van der Waals surface area contributed by atoms with Gasteiger partial charge in [0, 0.05) is 18.0 Å². The maximum Gasteiger partial charge on any atom is 0.435 e. The Kier molecular flexibility index (Phi) is 2.97. The molecule has 0 fully saturated rings. The summed E-state index contributed by atoms with van der Waals surface area (Å²) in [5.74, 6) is 0.692. The van der Waals surface area contributed by atoms with E-state index >= 15 is 0 Å². The Bertz CT molecular complexity index is 713. The molecule has 1 aliphatic rings. The second-order valence-corrected chi connectivity index (χ2v) is 6.08. The minimum Gasteiger partial charge on any atom is -0.486 e. The van der Waals surface area contributed by atoms with E-state index in [4.69, 9.17) is 9.47 Å². The first-order chi connectivity index (χ1) is 9.83. The molecule has 0 radical (unpaired) electrons. The number of hydrogen-bond acceptors (Lipinski definition) is 5. The number of aromatic nitrogens is 3. The largest absolute Gasteiger partial charge is 0.486 e.